The fourth-order valence-electron chi connectivity index (χ4n) is 1.84. The van der Waals surface area contributed by atoms with Crippen LogP contribution in [0.4, 0.5) is 16.2 Å². The molecule has 0 radical (unpaired) electrons. The van der Waals surface area contributed by atoms with Gasteiger partial charge in [0.15, 0.2) is 0 Å². The summed E-state index contributed by atoms with van der Waals surface area (Å²) in [5.41, 5.74) is 3.14. The highest BCUT2D eigenvalue weighted by atomic mass is 35.5. The van der Waals surface area contributed by atoms with Crippen molar-refractivity contribution in [3.63, 3.8) is 0 Å². The van der Waals surface area contributed by atoms with E-state index in [4.69, 9.17) is 11.6 Å². The summed E-state index contributed by atoms with van der Waals surface area (Å²) < 4.78 is 3.82. The molecule has 0 bridgehead atoms. The van der Waals surface area contributed by atoms with Crippen molar-refractivity contribution >= 4 is 40.5 Å². The minimum absolute atomic E-state index is 0.314. The number of hydrogen-bond donors (Lipinski definition) is 2. The first-order valence-electron chi connectivity index (χ1n) is 6.42. The Balaban J connectivity index is 1.63. The van der Waals surface area contributed by atoms with Gasteiger partial charge in [-0.05, 0) is 47.9 Å². The number of rotatable bonds is 3. The van der Waals surface area contributed by atoms with Crippen LogP contribution in [0.3, 0.4) is 0 Å². The number of carbonyl (C=O) groups is 1. The lowest BCUT2D eigenvalue weighted by molar-refractivity contribution is 0.262. The molecule has 0 fully saturated rings. The molecule has 0 aliphatic heterocycles. The van der Waals surface area contributed by atoms with Crippen LogP contribution in [0.25, 0.3) is 11.3 Å². The van der Waals surface area contributed by atoms with Crippen LogP contribution < -0.4 is 10.6 Å². The van der Waals surface area contributed by atoms with Gasteiger partial charge in [-0.25, -0.2) is 4.79 Å². The second-order valence-corrected chi connectivity index (χ2v) is 5.50. The van der Waals surface area contributed by atoms with Crippen molar-refractivity contribution in [3.05, 3.63) is 58.9 Å². The van der Waals surface area contributed by atoms with E-state index in [9.17, 15) is 4.79 Å². The van der Waals surface area contributed by atoms with Gasteiger partial charge in [0.2, 0.25) is 0 Å². The highest BCUT2D eigenvalue weighted by Gasteiger charge is 2.04. The van der Waals surface area contributed by atoms with Crippen LogP contribution in [0.15, 0.2) is 53.9 Å². The smallest absolute Gasteiger partial charge is 0.308 e. The third kappa shape index (κ3) is 3.60. The molecule has 0 spiro atoms. The normalized spacial score (nSPS) is 10.2. The Morgan fingerprint density at radius 2 is 1.55 bits per heavy atom. The van der Waals surface area contributed by atoms with E-state index in [1.54, 1.807) is 24.3 Å². The van der Waals surface area contributed by atoms with E-state index in [0.29, 0.717) is 16.4 Å². The van der Waals surface area contributed by atoms with Crippen LogP contribution in [0.5, 0.6) is 0 Å². The molecule has 2 amide bonds. The monoisotopic (exact) mass is 330 g/mol. The summed E-state index contributed by atoms with van der Waals surface area (Å²) in [5, 5.41) is 12.0. The van der Waals surface area contributed by atoms with E-state index >= 15 is 0 Å². The third-order valence-electron chi connectivity index (χ3n) is 2.90. The number of aromatic nitrogens is 2. The molecule has 22 heavy (non-hydrogen) atoms. The molecule has 1 aromatic heterocycles. The average molecular weight is 331 g/mol. The standard InChI is InChI=1S/C15H11ClN4OS/c16-11-3-7-13(8-4-11)18-15(21)17-12-5-1-10(2-6-12)14-9-22-20-19-14/h1-9H,(H2,17,18,21). The number of nitrogens with zero attached hydrogens (tertiary/aromatic N) is 2. The molecule has 2 N–H and O–H groups in total. The van der Waals surface area contributed by atoms with Crippen molar-refractivity contribution in [3.8, 4) is 11.3 Å². The van der Waals surface area contributed by atoms with Crippen molar-refractivity contribution < 1.29 is 4.79 Å². The van der Waals surface area contributed by atoms with Gasteiger partial charge < -0.3 is 10.6 Å². The molecule has 2 aromatic carbocycles. The number of hydrogen-bond acceptors (Lipinski definition) is 4. The number of urea groups is 1. The lowest BCUT2D eigenvalue weighted by Crippen LogP contribution is -2.19. The van der Waals surface area contributed by atoms with Crippen LogP contribution in [0, 0.1) is 0 Å². The van der Waals surface area contributed by atoms with Gasteiger partial charge in [-0.1, -0.05) is 28.2 Å². The summed E-state index contributed by atoms with van der Waals surface area (Å²) in [5.74, 6) is 0. The molecule has 0 aliphatic carbocycles. The number of nitrogens with one attached hydrogen (secondary N) is 2. The Bertz CT molecular complexity index is 757. The minimum Gasteiger partial charge on any atom is -0.308 e. The van der Waals surface area contributed by atoms with Gasteiger partial charge >= 0.3 is 6.03 Å². The van der Waals surface area contributed by atoms with E-state index in [1.807, 2.05) is 29.6 Å². The summed E-state index contributed by atoms with van der Waals surface area (Å²) >= 11 is 7.10. The van der Waals surface area contributed by atoms with Gasteiger partial charge in [0.05, 0.1) is 0 Å². The quantitative estimate of drug-likeness (QED) is 0.742. The number of carbonyl (C=O) groups excluding carboxylic acids is 1. The Labute approximate surface area is 136 Å². The molecule has 1 heterocycles. The van der Waals surface area contributed by atoms with E-state index in [0.717, 1.165) is 11.3 Å². The zero-order chi connectivity index (χ0) is 15.4. The summed E-state index contributed by atoms with van der Waals surface area (Å²) in [6.45, 7) is 0. The molecule has 3 aromatic rings. The zero-order valence-electron chi connectivity index (χ0n) is 11.3. The topological polar surface area (TPSA) is 66.9 Å². The molecule has 110 valence electrons. The number of benzene rings is 2. The molecule has 7 heteroatoms. The lowest BCUT2D eigenvalue weighted by Gasteiger charge is -2.08. The molecule has 0 saturated heterocycles. The molecule has 5 nitrogen and oxygen atoms in total. The Kier molecular flexibility index (Phi) is 4.32. The fraction of sp³-hybridized carbons (Fsp3) is 0. The fourth-order valence-corrected chi connectivity index (χ4v) is 2.43. The predicted octanol–water partition coefficient (Wildman–Crippen LogP) is 4.50. The van der Waals surface area contributed by atoms with E-state index in [1.165, 1.54) is 11.5 Å². The van der Waals surface area contributed by atoms with Gasteiger partial charge in [0.25, 0.3) is 0 Å². The van der Waals surface area contributed by atoms with Crippen LogP contribution in [-0.4, -0.2) is 15.6 Å². The van der Waals surface area contributed by atoms with Crippen molar-refractivity contribution in [2.75, 3.05) is 10.6 Å². The Morgan fingerprint density at radius 3 is 2.09 bits per heavy atom. The average Bonchev–Trinajstić information content (AvgIpc) is 3.05. The Hall–Kier alpha value is -2.44. The second-order valence-electron chi connectivity index (χ2n) is 4.45. The number of halogens is 1. The van der Waals surface area contributed by atoms with Crippen LogP contribution in [0.1, 0.15) is 0 Å². The third-order valence-corrected chi connectivity index (χ3v) is 3.66. The van der Waals surface area contributed by atoms with Crippen LogP contribution >= 0.6 is 23.1 Å². The first kappa shape index (κ1) is 14.5. The zero-order valence-corrected chi connectivity index (χ0v) is 12.9. The highest BCUT2D eigenvalue weighted by Crippen LogP contribution is 2.20. The summed E-state index contributed by atoms with van der Waals surface area (Å²) in [7, 11) is 0. The minimum atomic E-state index is -0.314. The van der Waals surface area contributed by atoms with Gasteiger partial charge in [0, 0.05) is 27.3 Å². The summed E-state index contributed by atoms with van der Waals surface area (Å²) in [6.07, 6.45) is 0. The molecular weight excluding hydrogens is 320 g/mol. The number of amides is 2. The van der Waals surface area contributed by atoms with Crippen LogP contribution in [-0.2, 0) is 0 Å². The molecule has 3 rings (SSSR count). The summed E-state index contributed by atoms with van der Waals surface area (Å²) in [4.78, 5) is 11.9. The molecule has 0 unspecified atom stereocenters. The van der Waals surface area contributed by atoms with Crippen molar-refractivity contribution in [2.45, 2.75) is 0 Å². The van der Waals surface area contributed by atoms with Gasteiger partial charge in [-0.15, -0.1) is 5.10 Å². The van der Waals surface area contributed by atoms with Gasteiger partial charge in [0.1, 0.15) is 5.69 Å². The van der Waals surface area contributed by atoms with Crippen molar-refractivity contribution in [1.29, 1.82) is 0 Å². The van der Waals surface area contributed by atoms with Gasteiger partial charge in [-0.2, -0.15) is 0 Å². The number of anilines is 2. The van der Waals surface area contributed by atoms with E-state index in [2.05, 4.69) is 20.2 Å². The van der Waals surface area contributed by atoms with Crippen LogP contribution in [0.2, 0.25) is 5.02 Å². The summed E-state index contributed by atoms with van der Waals surface area (Å²) in [6, 6.07) is 14.0. The molecule has 0 atom stereocenters. The maximum Gasteiger partial charge on any atom is 0.323 e. The second kappa shape index (κ2) is 6.55. The molecular formula is C15H11ClN4OS. The maximum absolute atomic E-state index is 11.9. The SMILES string of the molecule is O=C(Nc1ccc(Cl)cc1)Nc1ccc(-c2csnn2)cc1. The predicted molar refractivity (Wildman–Crippen MR) is 89.4 cm³/mol. The van der Waals surface area contributed by atoms with E-state index in [-0.39, 0.29) is 6.03 Å². The van der Waals surface area contributed by atoms with E-state index < -0.39 is 0 Å². The highest BCUT2D eigenvalue weighted by molar-refractivity contribution is 7.03. The lowest BCUT2D eigenvalue weighted by atomic mass is 10.1. The van der Waals surface area contributed by atoms with Gasteiger partial charge in [-0.3, -0.25) is 0 Å². The Morgan fingerprint density at radius 1 is 0.955 bits per heavy atom. The largest absolute Gasteiger partial charge is 0.323 e. The maximum atomic E-state index is 11.9. The molecule has 0 aliphatic rings. The van der Waals surface area contributed by atoms with Crippen molar-refractivity contribution in [2.24, 2.45) is 0 Å². The first-order chi connectivity index (χ1) is 10.7. The first-order valence-corrected chi connectivity index (χ1v) is 7.63. The van der Waals surface area contributed by atoms with Crippen molar-refractivity contribution in [1.82, 2.24) is 9.59 Å². The molecule has 0 saturated carbocycles.